The normalized spacial score (nSPS) is 19.6. The third kappa shape index (κ3) is 3.92. The minimum absolute atomic E-state index is 0.232. The zero-order valence-corrected chi connectivity index (χ0v) is 12.6. The van der Waals surface area contributed by atoms with E-state index in [-0.39, 0.29) is 16.7 Å². The maximum absolute atomic E-state index is 11.8. The SMILES string of the molecule is CSC1(C(N)=NO)CCN(C(=O)OCC(C)C)CC1. The van der Waals surface area contributed by atoms with Crippen molar-refractivity contribution in [3.63, 3.8) is 0 Å². The smallest absolute Gasteiger partial charge is 0.409 e. The Hall–Kier alpha value is -1.11. The number of amidine groups is 1. The number of ether oxygens (including phenoxy) is 1. The summed E-state index contributed by atoms with van der Waals surface area (Å²) in [6.07, 6.45) is 3.00. The topological polar surface area (TPSA) is 88.2 Å². The van der Waals surface area contributed by atoms with Gasteiger partial charge in [0.2, 0.25) is 0 Å². The average Bonchev–Trinajstić information content (AvgIpc) is 2.43. The molecule has 1 aliphatic rings. The Morgan fingerprint density at radius 3 is 2.53 bits per heavy atom. The molecule has 0 atom stereocenters. The Balaban J connectivity index is 2.54. The van der Waals surface area contributed by atoms with Crippen molar-refractivity contribution < 1.29 is 14.7 Å². The highest BCUT2D eigenvalue weighted by Gasteiger charge is 2.39. The molecule has 1 aliphatic heterocycles. The van der Waals surface area contributed by atoms with Crippen molar-refractivity contribution in [1.82, 2.24) is 4.90 Å². The van der Waals surface area contributed by atoms with Crippen LogP contribution in [0.2, 0.25) is 0 Å². The van der Waals surface area contributed by atoms with Crippen LogP contribution < -0.4 is 5.73 Å². The molecular formula is C12H23N3O3S. The molecule has 0 aromatic rings. The number of carbonyl (C=O) groups excluding carboxylic acids is 1. The van der Waals surface area contributed by atoms with Crippen LogP contribution in [0.1, 0.15) is 26.7 Å². The van der Waals surface area contributed by atoms with E-state index in [1.54, 1.807) is 16.7 Å². The fourth-order valence-corrected chi connectivity index (χ4v) is 2.88. The maximum atomic E-state index is 11.8. The zero-order valence-electron chi connectivity index (χ0n) is 11.8. The molecule has 1 fully saturated rings. The molecule has 7 heteroatoms. The summed E-state index contributed by atoms with van der Waals surface area (Å²) in [5.74, 6) is 0.561. The van der Waals surface area contributed by atoms with E-state index in [2.05, 4.69) is 5.16 Å². The van der Waals surface area contributed by atoms with Crippen LogP contribution >= 0.6 is 11.8 Å². The molecule has 6 nitrogen and oxygen atoms in total. The number of thioether (sulfide) groups is 1. The largest absolute Gasteiger partial charge is 0.449 e. The quantitative estimate of drug-likeness (QED) is 0.356. The fraction of sp³-hybridized carbons (Fsp3) is 0.833. The Kier molecular flexibility index (Phi) is 5.78. The molecule has 1 saturated heterocycles. The summed E-state index contributed by atoms with van der Waals surface area (Å²) in [5.41, 5.74) is 5.76. The van der Waals surface area contributed by atoms with E-state index >= 15 is 0 Å². The molecule has 1 rings (SSSR count). The van der Waals surface area contributed by atoms with Crippen molar-refractivity contribution in [2.24, 2.45) is 16.8 Å². The van der Waals surface area contributed by atoms with Gasteiger partial charge in [0.25, 0.3) is 0 Å². The first kappa shape index (κ1) is 15.9. The van der Waals surface area contributed by atoms with E-state index in [0.29, 0.717) is 38.5 Å². The fourth-order valence-electron chi connectivity index (χ4n) is 2.04. The molecule has 0 saturated carbocycles. The van der Waals surface area contributed by atoms with Crippen LogP contribution in [-0.2, 0) is 4.74 Å². The molecular weight excluding hydrogens is 266 g/mol. The lowest BCUT2D eigenvalue weighted by Gasteiger charge is -2.39. The maximum Gasteiger partial charge on any atom is 0.409 e. The van der Waals surface area contributed by atoms with Crippen LogP contribution in [0.25, 0.3) is 0 Å². The molecule has 3 N–H and O–H groups in total. The third-order valence-electron chi connectivity index (χ3n) is 3.33. The molecule has 0 unspecified atom stereocenters. The Morgan fingerprint density at radius 1 is 1.53 bits per heavy atom. The van der Waals surface area contributed by atoms with Crippen LogP contribution in [0.5, 0.6) is 0 Å². The van der Waals surface area contributed by atoms with Gasteiger partial charge >= 0.3 is 6.09 Å². The number of nitrogens with zero attached hydrogens (tertiary/aromatic N) is 2. The van der Waals surface area contributed by atoms with Gasteiger partial charge in [-0.15, -0.1) is 0 Å². The highest BCUT2D eigenvalue weighted by Crippen LogP contribution is 2.34. The molecule has 0 aromatic heterocycles. The van der Waals surface area contributed by atoms with Crippen molar-refractivity contribution in [1.29, 1.82) is 0 Å². The number of rotatable bonds is 4. The van der Waals surface area contributed by atoms with Crippen molar-refractivity contribution in [2.45, 2.75) is 31.4 Å². The summed E-state index contributed by atoms with van der Waals surface area (Å²) in [4.78, 5) is 13.5. The molecule has 0 aliphatic carbocycles. The van der Waals surface area contributed by atoms with Gasteiger partial charge < -0.3 is 20.6 Å². The van der Waals surface area contributed by atoms with Gasteiger partial charge in [0.1, 0.15) is 0 Å². The minimum atomic E-state index is -0.371. The van der Waals surface area contributed by atoms with Crippen molar-refractivity contribution in [3.05, 3.63) is 0 Å². The predicted octanol–water partition coefficient (Wildman–Crippen LogP) is 1.72. The van der Waals surface area contributed by atoms with Crippen LogP contribution in [0.3, 0.4) is 0 Å². The number of piperidine rings is 1. The number of nitrogens with two attached hydrogens (primary N) is 1. The summed E-state index contributed by atoms with van der Waals surface area (Å²) >= 11 is 1.56. The van der Waals surface area contributed by atoms with E-state index in [1.165, 1.54) is 0 Å². The van der Waals surface area contributed by atoms with Gasteiger partial charge in [-0.05, 0) is 25.0 Å². The van der Waals surface area contributed by atoms with Crippen LogP contribution in [0.15, 0.2) is 5.16 Å². The van der Waals surface area contributed by atoms with E-state index in [0.717, 1.165) is 0 Å². The van der Waals surface area contributed by atoms with E-state index in [9.17, 15) is 4.79 Å². The minimum Gasteiger partial charge on any atom is -0.449 e. The third-order valence-corrected chi connectivity index (χ3v) is 4.73. The zero-order chi connectivity index (χ0) is 14.5. The lowest BCUT2D eigenvalue weighted by Crippen LogP contribution is -2.51. The molecule has 0 spiro atoms. The molecule has 110 valence electrons. The van der Waals surface area contributed by atoms with Gasteiger partial charge in [-0.1, -0.05) is 19.0 Å². The highest BCUT2D eigenvalue weighted by molar-refractivity contribution is 8.00. The molecule has 1 amide bonds. The second-order valence-electron chi connectivity index (χ2n) is 5.14. The van der Waals surface area contributed by atoms with E-state index < -0.39 is 0 Å². The summed E-state index contributed by atoms with van der Waals surface area (Å²) in [7, 11) is 0. The standard InChI is InChI=1S/C12H23N3O3S/c1-9(2)8-18-11(16)15-6-4-12(19-3,5-7-15)10(13)14-17/h9,17H,4-8H2,1-3H3,(H2,13,14). The predicted molar refractivity (Wildman–Crippen MR) is 76.6 cm³/mol. The number of likely N-dealkylation sites (tertiary alicyclic amines) is 1. The molecule has 0 radical (unpaired) electrons. The first-order valence-electron chi connectivity index (χ1n) is 6.40. The van der Waals surface area contributed by atoms with E-state index in [1.807, 2.05) is 20.1 Å². The number of amides is 1. The van der Waals surface area contributed by atoms with Gasteiger partial charge in [-0.3, -0.25) is 0 Å². The lowest BCUT2D eigenvalue weighted by molar-refractivity contribution is 0.0844. The lowest BCUT2D eigenvalue weighted by atomic mass is 9.95. The summed E-state index contributed by atoms with van der Waals surface area (Å²) in [6, 6.07) is 0. The first-order valence-corrected chi connectivity index (χ1v) is 7.62. The second kappa shape index (κ2) is 6.88. The summed E-state index contributed by atoms with van der Waals surface area (Å²) in [5, 5.41) is 12.0. The highest BCUT2D eigenvalue weighted by atomic mass is 32.2. The van der Waals surface area contributed by atoms with Crippen molar-refractivity contribution in [3.8, 4) is 0 Å². The van der Waals surface area contributed by atoms with Crippen LogP contribution in [0.4, 0.5) is 4.79 Å². The van der Waals surface area contributed by atoms with E-state index in [4.69, 9.17) is 15.7 Å². The van der Waals surface area contributed by atoms with Gasteiger partial charge in [0.05, 0.1) is 11.4 Å². The first-order chi connectivity index (χ1) is 8.95. The van der Waals surface area contributed by atoms with Crippen molar-refractivity contribution >= 4 is 23.7 Å². The van der Waals surface area contributed by atoms with Crippen LogP contribution in [-0.4, -0.2) is 52.7 Å². The Bertz CT molecular complexity index is 339. The second-order valence-corrected chi connectivity index (χ2v) is 6.33. The summed E-state index contributed by atoms with van der Waals surface area (Å²) < 4.78 is 4.83. The number of oxime groups is 1. The number of hydrogen-bond acceptors (Lipinski definition) is 5. The van der Waals surface area contributed by atoms with Crippen molar-refractivity contribution in [2.75, 3.05) is 26.0 Å². The van der Waals surface area contributed by atoms with Crippen LogP contribution in [0, 0.1) is 5.92 Å². The van der Waals surface area contributed by atoms with Gasteiger partial charge in [0.15, 0.2) is 5.84 Å². The summed E-state index contributed by atoms with van der Waals surface area (Å²) in [6.45, 7) is 5.56. The van der Waals surface area contributed by atoms with Gasteiger partial charge in [-0.2, -0.15) is 11.8 Å². The molecule has 0 bridgehead atoms. The van der Waals surface area contributed by atoms with Gasteiger partial charge in [0, 0.05) is 13.1 Å². The Morgan fingerprint density at radius 2 is 2.11 bits per heavy atom. The average molecular weight is 289 g/mol. The molecule has 1 heterocycles. The number of hydrogen-bond donors (Lipinski definition) is 2. The molecule has 0 aromatic carbocycles. The molecule has 19 heavy (non-hydrogen) atoms. The monoisotopic (exact) mass is 289 g/mol. The number of carbonyl (C=O) groups is 1. The Labute approximate surface area is 118 Å². The van der Waals surface area contributed by atoms with Gasteiger partial charge in [-0.25, -0.2) is 4.79 Å².